The van der Waals surface area contributed by atoms with Gasteiger partial charge >= 0.3 is 10.1 Å². The highest BCUT2D eigenvalue weighted by atomic mass is 32.2. The van der Waals surface area contributed by atoms with Crippen LogP contribution in [-0.2, 0) is 14.9 Å². The molecule has 1 aliphatic rings. The van der Waals surface area contributed by atoms with Gasteiger partial charge in [-0.1, -0.05) is 12.1 Å². The van der Waals surface area contributed by atoms with Gasteiger partial charge in [0.05, 0.1) is 29.5 Å². The molecule has 0 spiro atoms. The van der Waals surface area contributed by atoms with Crippen LogP contribution in [0.1, 0.15) is 19.4 Å². The molecule has 0 saturated carbocycles. The molecule has 0 amide bonds. The maximum absolute atomic E-state index is 11.6. The topological polar surface area (TPSA) is 104 Å². The van der Waals surface area contributed by atoms with E-state index in [9.17, 15) is 13.0 Å². The highest BCUT2D eigenvalue weighted by Gasteiger charge is 2.48. The number of thiazole rings is 1. The maximum Gasteiger partial charge on any atom is 0.312 e. The summed E-state index contributed by atoms with van der Waals surface area (Å²) in [6, 6.07) is 9.00. The van der Waals surface area contributed by atoms with E-state index in [0.717, 1.165) is 5.56 Å². The van der Waals surface area contributed by atoms with Crippen molar-refractivity contribution in [2.75, 3.05) is 11.5 Å². The van der Waals surface area contributed by atoms with Gasteiger partial charge in [0.25, 0.3) is 5.56 Å². The van der Waals surface area contributed by atoms with Gasteiger partial charge in [0.1, 0.15) is 0 Å². The number of hydrogen-bond acceptors (Lipinski definition) is 7. The fourth-order valence-corrected chi connectivity index (χ4v) is 4.47. The lowest BCUT2D eigenvalue weighted by Crippen LogP contribution is -2.47. The van der Waals surface area contributed by atoms with E-state index in [1.165, 1.54) is 16.2 Å². The van der Waals surface area contributed by atoms with Crippen molar-refractivity contribution in [2.24, 2.45) is 0 Å². The van der Waals surface area contributed by atoms with E-state index in [0.29, 0.717) is 16.4 Å². The van der Waals surface area contributed by atoms with Crippen LogP contribution in [0.2, 0.25) is 0 Å². The fraction of sp³-hybridized carbons (Fsp3) is 0.333. The number of aromatic nitrogens is 1. The number of hydrogen-bond donors (Lipinski definition) is 1. The number of nitrogens with zero attached hydrogens (tertiary/aromatic N) is 3. The van der Waals surface area contributed by atoms with Gasteiger partial charge in [-0.3, -0.25) is 9.45 Å². The molecule has 1 unspecified atom stereocenters. The summed E-state index contributed by atoms with van der Waals surface area (Å²) in [6.45, 7) is 3.80. The monoisotopic (exact) mass is 365 g/mol. The van der Waals surface area contributed by atoms with E-state index >= 15 is 0 Å². The summed E-state index contributed by atoms with van der Waals surface area (Å²) in [7, 11) is -4.40. The molecule has 0 aliphatic carbocycles. The molecule has 1 fully saturated rings. The number of rotatable bonds is 3. The first-order valence-corrected chi connectivity index (χ1v) is 9.44. The number of benzene rings is 1. The second-order valence-corrected chi connectivity index (χ2v) is 8.29. The summed E-state index contributed by atoms with van der Waals surface area (Å²) in [5, 5.41) is 11.1. The third-order valence-electron chi connectivity index (χ3n) is 3.70. The van der Waals surface area contributed by atoms with Gasteiger partial charge in [-0.05, 0) is 26.0 Å². The molecule has 1 N–H and O–H groups in total. The minimum atomic E-state index is -4.40. The molecule has 3 rings (SSSR count). The Bertz CT molecular complexity index is 898. The highest BCUT2D eigenvalue weighted by Crippen LogP contribution is 2.38. The molecule has 1 aromatic heterocycles. The Kier molecular flexibility index (Phi) is 4.09. The molecule has 1 saturated heterocycles. The van der Waals surface area contributed by atoms with E-state index in [2.05, 4.69) is 11.1 Å². The van der Waals surface area contributed by atoms with Gasteiger partial charge in [0, 0.05) is 10.9 Å². The molecule has 1 aliphatic heterocycles. The van der Waals surface area contributed by atoms with Gasteiger partial charge in [0.2, 0.25) is 0 Å². The summed E-state index contributed by atoms with van der Waals surface area (Å²) in [5.41, 5.74) is -0.0587. The van der Waals surface area contributed by atoms with Gasteiger partial charge in [0.15, 0.2) is 5.13 Å². The van der Waals surface area contributed by atoms with Crippen molar-refractivity contribution in [1.29, 1.82) is 5.26 Å². The molecule has 1 atom stereocenters. The van der Waals surface area contributed by atoms with Crippen molar-refractivity contribution in [3.8, 4) is 17.3 Å². The van der Waals surface area contributed by atoms with E-state index in [1.807, 2.05) is 13.8 Å². The Balaban J connectivity index is 1.97. The molecule has 2 aromatic rings. The van der Waals surface area contributed by atoms with Crippen LogP contribution in [-0.4, -0.2) is 35.7 Å². The molecule has 7 nitrogen and oxygen atoms in total. The third-order valence-corrected chi connectivity index (χ3v) is 5.40. The zero-order chi connectivity index (χ0) is 17.5. The van der Waals surface area contributed by atoms with Gasteiger partial charge in [-0.15, -0.1) is 11.3 Å². The zero-order valence-corrected chi connectivity index (χ0v) is 14.6. The van der Waals surface area contributed by atoms with Crippen LogP contribution >= 0.6 is 11.3 Å². The van der Waals surface area contributed by atoms with Crippen molar-refractivity contribution >= 4 is 26.6 Å². The second kappa shape index (κ2) is 5.82. The Morgan fingerprint density at radius 1 is 1.42 bits per heavy atom. The smallest absolute Gasteiger partial charge is 0.312 e. The zero-order valence-electron chi connectivity index (χ0n) is 13.0. The predicted molar refractivity (Wildman–Crippen MR) is 90.1 cm³/mol. The third kappa shape index (κ3) is 3.01. The summed E-state index contributed by atoms with van der Waals surface area (Å²) in [4.78, 5) is 5.96. The standard InChI is InChI=1S/C15H15N3O4S2/c1-15(2)9-22-14(24(19,20)21)18(15)13-17-12(8-23-13)11-5-3-10(7-16)4-6-11/h3-6,8,14H,9H2,1-2H3,(H,19,20,21). The van der Waals surface area contributed by atoms with Crippen LogP contribution in [0.5, 0.6) is 0 Å². The van der Waals surface area contributed by atoms with E-state index in [4.69, 9.17) is 10.00 Å². The van der Waals surface area contributed by atoms with Crippen LogP contribution in [0.25, 0.3) is 11.3 Å². The van der Waals surface area contributed by atoms with Gasteiger partial charge < -0.3 is 4.74 Å². The average Bonchev–Trinajstić information content (AvgIpc) is 3.10. The second-order valence-electron chi connectivity index (χ2n) is 6.02. The van der Waals surface area contributed by atoms with Crippen molar-refractivity contribution < 1.29 is 17.7 Å². The largest absolute Gasteiger partial charge is 0.341 e. The molecular weight excluding hydrogens is 350 g/mol. The average molecular weight is 365 g/mol. The van der Waals surface area contributed by atoms with Crippen LogP contribution in [0, 0.1) is 11.3 Å². The molecule has 2 heterocycles. The van der Waals surface area contributed by atoms with Crippen molar-refractivity contribution in [2.45, 2.75) is 24.9 Å². The molecule has 126 valence electrons. The maximum atomic E-state index is 11.6. The van der Waals surface area contributed by atoms with E-state index in [1.54, 1.807) is 29.6 Å². The van der Waals surface area contributed by atoms with Crippen LogP contribution in [0.4, 0.5) is 5.13 Å². The lowest BCUT2D eigenvalue weighted by molar-refractivity contribution is 0.149. The summed E-state index contributed by atoms with van der Waals surface area (Å²) < 4.78 is 37.9. The fourth-order valence-electron chi connectivity index (χ4n) is 2.50. The predicted octanol–water partition coefficient (Wildman–Crippen LogP) is 2.47. The summed E-state index contributed by atoms with van der Waals surface area (Å²) in [6.07, 6.45) is 0. The minimum Gasteiger partial charge on any atom is -0.341 e. The first-order chi connectivity index (χ1) is 11.2. The van der Waals surface area contributed by atoms with Crippen LogP contribution in [0.3, 0.4) is 0 Å². The van der Waals surface area contributed by atoms with Crippen molar-refractivity contribution in [1.82, 2.24) is 4.98 Å². The first-order valence-electron chi connectivity index (χ1n) is 7.06. The quantitative estimate of drug-likeness (QED) is 0.833. The van der Waals surface area contributed by atoms with Crippen molar-refractivity contribution in [3.05, 3.63) is 35.2 Å². The molecule has 1 aromatic carbocycles. The lowest BCUT2D eigenvalue weighted by Gasteiger charge is -2.31. The summed E-state index contributed by atoms with van der Waals surface area (Å²) >= 11 is 1.27. The van der Waals surface area contributed by atoms with E-state index in [-0.39, 0.29) is 6.61 Å². The van der Waals surface area contributed by atoms with Crippen LogP contribution in [0.15, 0.2) is 29.6 Å². The lowest BCUT2D eigenvalue weighted by atomic mass is 10.1. The molecular formula is C15H15N3O4S2. The normalized spacial score (nSPS) is 20.1. The number of nitriles is 1. The van der Waals surface area contributed by atoms with E-state index < -0.39 is 21.2 Å². The Morgan fingerprint density at radius 2 is 2.08 bits per heavy atom. The Hall–Kier alpha value is -1.99. The summed E-state index contributed by atoms with van der Waals surface area (Å²) in [5.74, 6) is 0. The first kappa shape index (κ1) is 16.9. The molecule has 9 heteroatoms. The SMILES string of the molecule is CC1(C)COC(S(=O)(=O)O)N1c1nc(-c2ccc(C#N)cc2)cs1. The van der Waals surface area contributed by atoms with Crippen molar-refractivity contribution in [3.63, 3.8) is 0 Å². The van der Waals surface area contributed by atoms with Gasteiger partial charge in [-0.25, -0.2) is 4.98 Å². The number of ether oxygens (including phenoxy) is 1. The van der Waals surface area contributed by atoms with Gasteiger partial charge in [-0.2, -0.15) is 13.7 Å². The minimum absolute atomic E-state index is 0.156. The highest BCUT2D eigenvalue weighted by molar-refractivity contribution is 7.86. The van der Waals surface area contributed by atoms with Crippen LogP contribution < -0.4 is 4.90 Å². The Morgan fingerprint density at radius 3 is 2.67 bits per heavy atom. The number of anilines is 1. The Labute approximate surface area is 143 Å². The molecule has 0 bridgehead atoms. The molecule has 0 radical (unpaired) electrons. The molecule has 24 heavy (non-hydrogen) atoms.